The van der Waals surface area contributed by atoms with Gasteiger partial charge in [0.25, 0.3) is 0 Å². The van der Waals surface area contributed by atoms with E-state index in [1.165, 1.54) is 23.5 Å². The van der Waals surface area contributed by atoms with Gasteiger partial charge in [0.1, 0.15) is 11.4 Å². The topological polar surface area (TPSA) is 65.9 Å². The van der Waals surface area contributed by atoms with Crippen molar-refractivity contribution < 1.29 is 18.6 Å². The average Bonchev–Trinajstić information content (AvgIpc) is 3.13. The molecule has 0 spiro atoms. The molecule has 3 N–H and O–H groups in total. The van der Waals surface area contributed by atoms with E-state index in [1.54, 1.807) is 19.1 Å². The van der Waals surface area contributed by atoms with Crippen molar-refractivity contribution in [1.29, 1.82) is 0 Å². The van der Waals surface area contributed by atoms with Crippen LogP contribution in [0.1, 0.15) is 25.0 Å². The summed E-state index contributed by atoms with van der Waals surface area (Å²) in [5.41, 5.74) is 0.550. The molecule has 9 heteroatoms. The summed E-state index contributed by atoms with van der Waals surface area (Å²) in [5, 5.41) is 20.6. The molecule has 1 aromatic carbocycles. The average molecular weight is 511 g/mol. The van der Waals surface area contributed by atoms with Gasteiger partial charge in [-0.05, 0) is 53.9 Å². The molecule has 0 radical (unpaired) electrons. The zero-order valence-corrected chi connectivity index (χ0v) is 18.3. The third-order valence-corrected chi connectivity index (χ3v) is 4.31. The van der Waals surface area contributed by atoms with Crippen LogP contribution >= 0.6 is 35.3 Å². The highest BCUT2D eigenvalue weighted by atomic mass is 127. The quantitative estimate of drug-likeness (QED) is 0.286. The first kappa shape index (κ1) is 23.6. The van der Waals surface area contributed by atoms with Gasteiger partial charge in [-0.25, -0.2) is 4.99 Å². The van der Waals surface area contributed by atoms with Crippen LogP contribution in [0.3, 0.4) is 0 Å². The van der Waals surface area contributed by atoms with Crippen molar-refractivity contribution in [3.63, 3.8) is 0 Å². The Kier molecular flexibility index (Phi) is 9.95. The predicted molar refractivity (Wildman–Crippen MR) is 115 cm³/mol. The molecule has 0 aliphatic heterocycles. The van der Waals surface area contributed by atoms with Gasteiger partial charge < -0.3 is 20.5 Å². The molecule has 0 saturated carbocycles. The lowest BCUT2D eigenvalue weighted by Gasteiger charge is -2.24. The Morgan fingerprint density at radius 1 is 1.33 bits per heavy atom. The Balaban J connectivity index is 0.00000364. The third kappa shape index (κ3) is 7.97. The number of hydrogen-bond donors (Lipinski definition) is 3. The lowest BCUT2D eigenvalue weighted by atomic mass is 9.99. The maximum Gasteiger partial charge on any atom is 0.387 e. The minimum absolute atomic E-state index is 0. The van der Waals surface area contributed by atoms with Crippen molar-refractivity contribution >= 4 is 41.3 Å². The second kappa shape index (κ2) is 11.4. The SMILES string of the molecule is CCNC(=NCc1cccc(OC(F)F)c1)NCC(C)(O)c1ccsc1.I. The van der Waals surface area contributed by atoms with Gasteiger partial charge in [-0.15, -0.1) is 24.0 Å². The number of rotatable bonds is 8. The van der Waals surface area contributed by atoms with E-state index in [1.807, 2.05) is 23.8 Å². The van der Waals surface area contributed by atoms with Gasteiger partial charge >= 0.3 is 6.61 Å². The fraction of sp³-hybridized carbons (Fsp3) is 0.389. The fourth-order valence-corrected chi connectivity index (χ4v) is 3.04. The first-order chi connectivity index (χ1) is 12.4. The van der Waals surface area contributed by atoms with Crippen molar-refractivity contribution in [3.8, 4) is 5.75 Å². The molecular weight excluding hydrogens is 487 g/mol. The Morgan fingerprint density at radius 3 is 2.74 bits per heavy atom. The number of hydrogen-bond acceptors (Lipinski definition) is 4. The summed E-state index contributed by atoms with van der Waals surface area (Å²) in [5.74, 6) is 0.634. The van der Waals surface area contributed by atoms with E-state index in [9.17, 15) is 13.9 Å². The number of guanidine groups is 1. The van der Waals surface area contributed by atoms with E-state index < -0.39 is 12.2 Å². The molecular formula is C18H24F2IN3O2S. The number of aliphatic hydroxyl groups is 1. The van der Waals surface area contributed by atoms with Gasteiger partial charge in [0.2, 0.25) is 0 Å². The number of halogens is 3. The molecule has 0 saturated heterocycles. The second-order valence-corrected chi connectivity index (χ2v) is 6.64. The third-order valence-electron chi connectivity index (χ3n) is 3.63. The Labute approximate surface area is 178 Å². The summed E-state index contributed by atoms with van der Waals surface area (Å²) in [7, 11) is 0. The van der Waals surface area contributed by atoms with E-state index in [-0.39, 0.29) is 42.8 Å². The summed E-state index contributed by atoms with van der Waals surface area (Å²) in [6.45, 7) is 2.04. The van der Waals surface area contributed by atoms with E-state index in [4.69, 9.17) is 0 Å². The molecule has 5 nitrogen and oxygen atoms in total. The van der Waals surface area contributed by atoms with E-state index >= 15 is 0 Å². The first-order valence-electron chi connectivity index (χ1n) is 8.21. The summed E-state index contributed by atoms with van der Waals surface area (Å²) < 4.78 is 29.0. The highest BCUT2D eigenvalue weighted by molar-refractivity contribution is 14.0. The van der Waals surface area contributed by atoms with E-state index in [2.05, 4.69) is 20.4 Å². The van der Waals surface area contributed by atoms with Crippen molar-refractivity contribution in [2.75, 3.05) is 13.1 Å². The van der Waals surface area contributed by atoms with Gasteiger partial charge in [-0.1, -0.05) is 12.1 Å². The van der Waals surface area contributed by atoms with Crippen LogP contribution < -0.4 is 15.4 Å². The number of aliphatic imine (C=N–C) groups is 1. The van der Waals surface area contributed by atoms with Crippen LogP contribution in [0.4, 0.5) is 8.78 Å². The van der Waals surface area contributed by atoms with Gasteiger partial charge in [0.05, 0.1) is 13.1 Å². The normalized spacial score (nSPS) is 13.6. The fourth-order valence-electron chi connectivity index (χ4n) is 2.26. The molecule has 0 bridgehead atoms. The van der Waals surface area contributed by atoms with E-state index in [0.29, 0.717) is 12.5 Å². The summed E-state index contributed by atoms with van der Waals surface area (Å²) in [6.07, 6.45) is 0. The number of thiophene rings is 1. The van der Waals surface area contributed by atoms with Crippen LogP contribution in [0, 0.1) is 0 Å². The summed E-state index contributed by atoms with van der Waals surface area (Å²) in [6, 6.07) is 8.31. The number of ether oxygens (including phenoxy) is 1. The van der Waals surface area contributed by atoms with Gasteiger partial charge in [-0.2, -0.15) is 20.1 Å². The number of alkyl halides is 2. The van der Waals surface area contributed by atoms with Crippen LogP contribution in [0.25, 0.3) is 0 Å². The molecule has 27 heavy (non-hydrogen) atoms. The Hall–Kier alpha value is -1.46. The monoisotopic (exact) mass is 511 g/mol. The molecule has 2 aromatic rings. The van der Waals surface area contributed by atoms with Gasteiger partial charge in [0.15, 0.2) is 5.96 Å². The smallest absolute Gasteiger partial charge is 0.387 e. The largest absolute Gasteiger partial charge is 0.435 e. The number of nitrogens with zero attached hydrogens (tertiary/aromatic N) is 1. The second-order valence-electron chi connectivity index (χ2n) is 5.86. The first-order valence-corrected chi connectivity index (χ1v) is 9.16. The zero-order valence-electron chi connectivity index (χ0n) is 15.1. The Bertz CT molecular complexity index is 712. The molecule has 150 valence electrons. The van der Waals surface area contributed by atoms with Crippen molar-refractivity contribution in [2.24, 2.45) is 4.99 Å². The molecule has 0 aliphatic carbocycles. The number of nitrogens with one attached hydrogen (secondary N) is 2. The minimum atomic E-state index is -2.85. The predicted octanol–water partition coefficient (Wildman–Crippen LogP) is 3.93. The zero-order chi connectivity index (χ0) is 19.0. The van der Waals surface area contributed by atoms with Crippen molar-refractivity contribution in [2.45, 2.75) is 32.6 Å². The van der Waals surface area contributed by atoms with Crippen molar-refractivity contribution in [1.82, 2.24) is 10.6 Å². The standard InChI is InChI=1S/C18H23F2N3O2S.HI/c1-3-21-17(23-12-18(2,24)14-7-8-26-11-14)22-10-13-5-4-6-15(9-13)25-16(19)20;/h4-9,11,16,24H,3,10,12H2,1-2H3,(H2,21,22,23);1H. The highest BCUT2D eigenvalue weighted by Crippen LogP contribution is 2.22. The van der Waals surface area contributed by atoms with Crippen molar-refractivity contribution in [3.05, 3.63) is 52.2 Å². The highest BCUT2D eigenvalue weighted by Gasteiger charge is 2.23. The molecule has 2 rings (SSSR count). The molecule has 0 fully saturated rings. The van der Waals surface area contributed by atoms with Gasteiger partial charge in [0, 0.05) is 6.54 Å². The van der Waals surface area contributed by atoms with Gasteiger partial charge in [-0.3, -0.25) is 0 Å². The lowest BCUT2D eigenvalue weighted by Crippen LogP contribution is -2.44. The van der Waals surface area contributed by atoms with Crippen LogP contribution in [-0.4, -0.2) is 30.8 Å². The maximum absolute atomic E-state index is 12.3. The summed E-state index contributed by atoms with van der Waals surface area (Å²) in [4.78, 5) is 4.43. The molecule has 0 aliphatic rings. The molecule has 1 unspecified atom stereocenters. The van der Waals surface area contributed by atoms with Crippen LogP contribution in [-0.2, 0) is 12.1 Å². The maximum atomic E-state index is 12.3. The van der Waals surface area contributed by atoms with Crippen LogP contribution in [0.5, 0.6) is 5.75 Å². The molecule has 1 atom stereocenters. The lowest BCUT2D eigenvalue weighted by molar-refractivity contribution is -0.0498. The molecule has 1 heterocycles. The Morgan fingerprint density at radius 2 is 2.11 bits per heavy atom. The minimum Gasteiger partial charge on any atom is -0.435 e. The van der Waals surface area contributed by atoms with Crippen LogP contribution in [0.2, 0.25) is 0 Å². The summed E-state index contributed by atoms with van der Waals surface area (Å²) >= 11 is 1.53. The van der Waals surface area contributed by atoms with E-state index in [0.717, 1.165) is 11.1 Å². The van der Waals surface area contributed by atoms with Crippen LogP contribution in [0.15, 0.2) is 46.1 Å². The molecule has 1 aromatic heterocycles. The molecule has 0 amide bonds. The number of benzene rings is 1.